The van der Waals surface area contributed by atoms with E-state index in [4.69, 9.17) is 16.3 Å². The molecule has 0 spiro atoms. The maximum Gasteiger partial charge on any atom is 0.252 e. The van der Waals surface area contributed by atoms with Gasteiger partial charge in [0.2, 0.25) is 0 Å². The van der Waals surface area contributed by atoms with E-state index in [-0.39, 0.29) is 0 Å². The molecule has 1 aromatic rings. The predicted molar refractivity (Wildman–Crippen MR) is 77.2 cm³/mol. The van der Waals surface area contributed by atoms with Crippen LogP contribution in [-0.4, -0.2) is 39.5 Å². The van der Waals surface area contributed by atoms with Crippen LogP contribution in [0.5, 0.6) is 0 Å². The molecule has 0 saturated carbocycles. The number of ether oxygens (including phenoxy) is 1. The van der Waals surface area contributed by atoms with Crippen LogP contribution in [0.25, 0.3) is 0 Å². The Morgan fingerprint density at radius 2 is 2.11 bits per heavy atom. The van der Waals surface area contributed by atoms with E-state index < -0.39 is 10.0 Å². The molecule has 1 aliphatic heterocycles. The summed E-state index contributed by atoms with van der Waals surface area (Å²) < 4.78 is 32.0. The Bertz CT molecular complexity index is 507. The Balaban J connectivity index is 2.05. The number of hydrogen-bond donors (Lipinski definition) is 0. The third-order valence-corrected chi connectivity index (χ3v) is 7.24. The molecule has 108 valence electrons. The number of halogens is 1. The van der Waals surface area contributed by atoms with E-state index in [1.54, 1.807) is 23.5 Å². The molecule has 2 heterocycles. The summed E-state index contributed by atoms with van der Waals surface area (Å²) in [6.07, 6.45) is 1.72. The Morgan fingerprint density at radius 1 is 1.42 bits per heavy atom. The summed E-state index contributed by atoms with van der Waals surface area (Å²) in [6.45, 7) is 1.86. The van der Waals surface area contributed by atoms with Crippen molar-refractivity contribution in [2.45, 2.75) is 22.9 Å². The van der Waals surface area contributed by atoms with Gasteiger partial charge in [-0.2, -0.15) is 4.31 Å². The van der Waals surface area contributed by atoms with Crippen LogP contribution >= 0.6 is 22.9 Å². The molecule has 19 heavy (non-hydrogen) atoms. The fourth-order valence-corrected chi connectivity index (χ4v) is 5.33. The van der Waals surface area contributed by atoms with Gasteiger partial charge in [0.05, 0.1) is 5.88 Å². The van der Waals surface area contributed by atoms with Gasteiger partial charge < -0.3 is 4.74 Å². The first-order valence-corrected chi connectivity index (χ1v) is 9.00. The van der Waals surface area contributed by atoms with E-state index in [0.717, 1.165) is 17.7 Å². The highest BCUT2D eigenvalue weighted by Crippen LogP contribution is 2.29. The van der Waals surface area contributed by atoms with Gasteiger partial charge in [0.1, 0.15) is 4.21 Å². The molecule has 1 aromatic heterocycles. The minimum Gasteiger partial charge on any atom is -0.384 e. The zero-order valence-corrected chi connectivity index (χ0v) is 13.2. The van der Waals surface area contributed by atoms with Crippen molar-refractivity contribution in [3.8, 4) is 0 Å². The molecule has 1 fully saturated rings. The van der Waals surface area contributed by atoms with Crippen molar-refractivity contribution in [2.75, 3.05) is 26.8 Å². The lowest BCUT2D eigenvalue weighted by molar-refractivity contribution is 0.121. The van der Waals surface area contributed by atoms with Gasteiger partial charge in [-0.3, -0.25) is 0 Å². The minimum atomic E-state index is -3.34. The molecule has 0 radical (unpaired) electrons. The average Bonchev–Trinajstić information content (AvgIpc) is 2.89. The van der Waals surface area contributed by atoms with Crippen LogP contribution in [0.4, 0.5) is 0 Å². The van der Waals surface area contributed by atoms with Gasteiger partial charge >= 0.3 is 0 Å². The molecule has 7 heteroatoms. The highest BCUT2D eigenvalue weighted by molar-refractivity contribution is 7.91. The van der Waals surface area contributed by atoms with Gasteiger partial charge in [-0.15, -0.1) is 22.9 Å². The molecule has 0 aromatic carbocycles. The summed E-state index contributed by atoms with van der Waals surface area (Å²) in [6, 6.07) is 3.43. The second kappa shape index (κ2) is 6.54. The topological polar surface area (TPSA) is 46.6 Å². The SMILES string of the molecule is COCC1CCN(S(=O)(=O)c2ccc(CCl)s2)CC1. The number of hydrogen-bond acceptors (Lipinski definition) is 4. The second-order valence-corrected chi connectivity index (χ2v) is 8.26. The zero-order valence-electron chi connectivity index (χ0n) is 10.8. The molecule has 0 atom stereocenters. The lowest BCUT2D eigenvalue weighted by atomic mass is 9.99. The van der Waals surface area contributed by atoms with Gasteiger partial charge in [0, 0.05) is 31.7 Å². The van der Waals surface area contributed by atoms with Crippen molar-refractivity contribution in [1.82, 2.24) is 4.31 Å². The molecule has 0 unspecified atom stereocenters. The lowest BCUT2D eigenvalue weighted by Gasteiger charge is -2.30. The van der Waals surface area contributed by atoms with E-state index >= 15 is 0 Å². The van der Waals surface area contributed by atoms with Crippen molar-refractivity contribution >= 4 is 33.0 Å². The Morgan fingerprint density at radius 3 is 2.63 bits per heavy atom. The lowest BCUT2D eigenvalue weighted by Crippen LogP contribution is -2.39. The van der Waals surface area contributed by atoms with Crippen LogP contribution in [0.3, 0.4) is 0 Å². The van der Waals surface area contributed by atoms with E-state index in [2.05, 4.69) is 0 Å². The van der Waals surface area contributed by atoms with Crippen LogP contribution < -0.4 is 0 Å². The molecule has 0 N–H and O–H groups in total. The highest BCUT2D eigenvalue weighted by Gasteiger charge is 2.30. The smallest absolute Gasteiger partial charge is 0.252 e. The molecule has 0 bridgehead atoms. The standard InChI is InChI=1S/C12H18ClNO3S2/c1-17-9-10-4-6-14(7-5-10)19(15,16)12-3-2-11(8-13)18-12/h2-3,10H,4-9H2,1H3. The quantitative estimate of drug-likeness (QED) is 0.782. The number of alkyl halides is 1. The fraction of sp³-hybridized carbons (Fsp3) is 0.667. The van der Waals surface area contributed by atoms with Crippen molar-refractivity contribution in [3.05, 3.63) is 17.0 Å². The maximum atomic E-state index is 12.4. The summed E-state index contributed by atoms with van der Waals surface area (Å²) in [5.41, 5.74) is 0. The van der Waals surface area contributed by atoms with Gasteiger partial charge in [-0.1, -0.05) is 0 Å². The number of rotatable bonds is 5. The molecule has 4 nitrogen and oxygen atoms in total. The third kappa shape index (κ3) is 3.49. The Labute approximate surface area is 123 Å². The van der Waals surface area contributed by atoms with Crippen molar-refractivity contribution in [1.29, 1.82) is 0 Å². The van der Waals surface area contributed by atoms with Crippen LogP contribution in [0.15, 0.2) is 16.3 Å². The van der Waals surface area contributed by atoms with Crippen LogP contribution in [0.2, 0.25) is 0 Å². The summed E-state index contributed by atoms with van der Waals surface area (Å²) in [7, 11) is -1.65. The predicted octanol–water partition coefficient (Wildman–Crippen LogP) is 2.53. The maximum absolute atomic E-state index is 12.4. The van der Waals surface area contributed by atoms with Crippen LogP contribution in [0.1, 0.15) is 17.7 Å². The zero-order chi connectivity index (χ0) is 13.9. The molecule has 1 saturated heterocycles. The number of methoxy groups -OCH3 is 1. The van der Waals surface area contributed by atoms with Crippen molar-refractivity contribution in [3.63, 3.8) is 0 Å². The normalized spacial score (nSPS) is 18.8. The van der Waals surface area contributed by atoms with Crippen LogP contribution in [0, 0.1) is 5.92 Å². The molecular formula is C12H18ClNO3S2. The summed E-state index contributed by atoms with van der Waals surface area (Å²) in [5.74, 6) is 0.828. The van der Waals surface area contributed by atoms with E-state index in [1.807, 2.05) is 0 Å². The molecular weight excluding hydrogens is 306 g/mol. The monoisotopic (exact) mass is 323 g/mol. The first kappa shape index (κ1) is 15.3. The van der Waals surface area contributed by atoms with Crippen LogP contribution in [-0.2, 0) is 20.6 Å². The number of sulfonamides is 1. The number of piperidine rings is 1. The average molecular weight is 324 g/mol. The van der Waals surface area contributed by atoms with Crippen molar-refractivity contribution in [2.24, 2.45) is 5.92 Å². The minimum absolute atomic E-state index is 0.357. The second-order valence-electron chi connectivity index (χ2n) is 4.66. The summed E-state index contributed by atoms with van der Waals surface area (Å²) in [4.78, 5) is 0.884. The molecule has 0 amide bonds. The first-order valence-electron chi connectivity index (χ1n) is 6.21. The number of thiophene rings is 1. The number of nitrogens with zero attached hydrogens (tertiary/aromatic N) is 1. The highest BCUT2D eigenvalue weighted by atomic mass is 35.5. The fourth-order valence-electron chi connectivity index (χ4n) is 2.25. The van der Waals surface area contributed by atoms with E-state index in [9.17, 15) is 8.42 Å². The summed E-state index contributed by atoms with van der Waals surface area (Å²) in [5, 5.41) is 0. The van der Waals surface area contributed by atoms with Gasteiger partial charge in [0.25, 0.3) is 10.0 Å². The first-order chi connectivity index (χ1) is 9.07. The molecule has 1 aliphatic rings. The Kier molecular flexibility index (Phi) is 5.25. The Hall–Kier alpha value is -0.140. The molecule has 0 aliphatic carbocycles. The van der Waals surface area contributed by atoms with Gasteiger partial charge in [0.15, 0.2) is 0 Å². The van der Waals surface area contributed by atoms with E-state index in [0.29, 0.717) is 35.7 Å². The largest absolute Gasteiger partial charge is 0.384 e. The van der Waals surface area contributed by atoms with Crippen molar-refractivity contribution < 1.29 is 13.2 Å². The molecule has 2 rings (SSSR count). The summed E-state index contributed by atoms with van der Waals surface area (Å²) >= 11 is 6.98. The third-order valence-electron chi connectivity index (χ3n) is 3.34. The van der Waals surface area contributed by atoms with Gasteiger partial charge in [-0.05, 0) is 30.9 Å². The van der Waals surface area contributed by atoms with Gasteiger partial charge in [-0.25, -0.2) is 8.42 Å². The van der Waals surface area contributed by atoms with E-state index in [1.165, 1.54) is 11.3 Å².